The molecule has 0 fully saturated rings. The molecule has 1 unspecified atom stereocenters. The van der Waals surface area contributed by atoms with Crippen molar-refractivity contribution in [1.29, 1.82) is 0 Å². The molecule has 0 radical (unpaired) electrons. The maximum atomic E-state index is 12.7. The lowest BCUT2D eigenvalue weighted by molar-refractivity contribution is -0.145. The van der Waals surface area contributed by atoms with Crippen molar-refractivity contribution in [1.82, 2.24) is 0 Å². The molecule has 0 saturated carbocycles. The average molecular weight is 458 g/mol. The summed E-state index contributed by atoms with van der Waals surface area (Å²) in [4.78, 5) is 27.0. The van der Waals surface area contributed by atoms with Gasteiger partial charge in [-0.3, -0.25) is 9.59 Å². The Balaban J connectivity index is 2.02. The Morgan fingerprint density at radius 2 is 1.72 bits per heavy atom. The summed E-state index contributed by atoms with van der Waals surface area (Å²) in [6, 6.07) is 12.4. The van der Waals surface area contributed by atoms with Crippen molar-refractivity contribution in [2.45, 2.75) is 57.9 Å². The van der Waals surface area contributed by atoms with Crippen molar-refractivity contribution in [3.05, 3.63) is 48.0 Å². The number of carbonyl (C=O) groups excluding carboxylic acids is 2. The Hall–Kier alpha value is -2.67. The van der Waals surface area contributed by atoms with E-state index in [0.717, 1.165) is 16.7 Å². The number of sulfone groups is 1. The first-order valence-corrected chi connectivity index (χ1v) is 12.6. The van der Waals surface area contributed by atoms with Crippen molar-refractivity contribution in [2.75, 3.05) is 17.3 Å². The second-order valence-corrected chi connectivity index (χ2v) is 10.8. The molecule has 0 aromatic heterocycles. The summed E-state index contributed by atoms with van der Waals surface area (Å²) in [7, 11) is -3.33. The van der Waals surface area contributed by atoms with E-state index in [1.54, 1.807) is 36.1 Å². The van der Waals surface area contributed by atoms with E-state index in [4.69, 9.17) is 4.74 Å². The van der Waals surface area contributed by atoms with E-state index in [0.29, 0.717) is 23.6 Å². The number of esters is 1. The molecule has 6 nitrogen and oxygen atoms in total. The van der Waals surface area contributed by atoms with Crippen molar-refractivity contribution >= 4 is 27.4 Å². The summed E-state index contributed by atoms with van der Waals surface area (Å²) in [5.41, 5.74) is 3.16. The van der Waals surface area contributed by atoms with Crippen LogP contribution in [0.2, 0.25) is 0 Å². The molecule has 0 bridgehead atoms. The quantitative estimate of drug-likeness (QED) is 0.594. The first-order valence-electron chi connectivity index (χ1n) is 11.0. The van der Waals surface area contributed by atoms with Crippen LogP contribution in [0.1, 0.15) is 52.5 Å². The molecule has 32 heavy (non-hydrogen) atoms. The molecule has 7 heteroatoms. The van der Waals surface area contributed by atoms with E-state index in [-0.39, 0.29) is 29.6 Å². The molecule has 0 aliphatic carbocycles. The zero-order valence-electron chi connectivity index (χ0n) is 19.3. The van der Waals surface area contributed by atoms with Crippen LogP contribution >= 0.6 is 0 Å². The van der Waals surface area contributed by atoms with Gasteiger partial charge in [0.05, 0.1) is 23.2 Å². The van der Waals surface area contributed by atoms with Gasteiger partial charge in [0.2, 0.25) is 5.91 Å². The number of hydrogen-bond donors (Lipinski definition) is 0. The minimum atomic E-state index is -3.33. The zero-order valence-corrected chi connectivity index (χ0v) is 20.1. The molecule has 2 aromatic rings. The largest absolute Gasteiger partial charge is 0.466 e. The van der Waals surface area contributed by atoms with Gasteiger partial charge in [-0.2, -0.15) is 0 Å². The van der Waals surface area contributed by atoms with E-state index in [9.17, 15) is 18.0 Å². The van der Waals surface area contributed by atoms with E-state index in [1.165, 1.54) is 6.92 Å². The Labute approximate surface area is 190 Å². The highest BCUT2D eigenvalue weighted by molar-refractivity contribution is 7.91. The third-order valence-electron chi connectivity index (χ3n) is 5.69. The third-order valence-corrected chi connectivity index (χ3v) is 7.79. The van der Waals surface area contributed by atoms with Gasteiger partial charge in [0.1, 0.15) is 0 Å². The number of nitrogens with zero attached hydrogens (tertiary/aromatic N) is 1. The van der Waals surface area contributed by atoms with E-state index < -0.39 is 15.8 Å². The summed E-state index contributed by atoms with van der Waals surface area (Å²) >= 11 is 0. The molecule has 0 N–H and O–H groups in total. The molecular weight excluding hydrogens is 426 g/mol. The molecule has 2 aromatic carbocycles. The predicted molar refractivity (Wildman–Crippen MR) is 125 cm³/mol. The van der Waals surface area contributed by atoms with E-state index in [2.05, 4.69) is 0 Å². The highest BCUT2D eigenvalue weighted by atomic mass is 32.2. The second-order valence-electron chi connectivity index (χ2n) is 8.75. The minimum absolute atomic E-state index is 0.0479. The lowest BCUT2D eigenvalue weighted by Gasteiger charge is -2.38. The summed E-state index contributed by atoms with van der Waals surface area (Å²) in [5.74, 6) is -0.677. The minimum Gasteiger partial charge on any atom is -0.466 e. The van der Waals surface area contributed by atoms with Gasteiger partial charge in [-0.1, -0.05) is 32.0 Å². The van der Waals surface area contributed by atoms with Crippen LogP contribution in [-0.2, 0) is 24.2 Å². The molecule has 1 amide bonds. The van der Waals surface area contributed by atoms with Gasteiger partial charge < -0.3 is 9.64 Å². The number of ether oxygens (including phenoxy) is 1. The summed E-state index contributed by atoms with van der Waals surface area (Å²) < 4.78 is 30.3. The Kier molecular flexibility index (Phi) is 7.08. The molecule has 3 rings (SSSR count). The molecule has 1 aliphatic rings. The van der Waals surface area contributed by atoms with Gasteiger partial charge in [-0.05, 0) is 67.1 Å². The summed E-state index contributed by atoms with van der Waals surface area (Å²) in [6.07, 6.45) is 0.487. The Morgan fingerprint density at radius 1 is 1.09 bits per heavy atom. The van der Waals surface area contributed by atoms with Gasteiger partial charge in [-0.25, -0.2) is 8.42 Å². The maximum absolute atomic E-state index is 12.7. The first-order chi connectivity index (χ1) is 15.0. The van der Waals surface area contributed by atoms with Gasteiger partial charge in [0.25, 0.3) is 0 Å². The van der Waals surface area contributed by atoms with E-state index >= 15 is 0 Å². The SMILES string of the molecule is CCOC(=O)C1C[C@H](C)N(C(C)=O)c2ccc(-c3ccc(S(=O)(=O)CC(C)C)cc3)cc21. The highest BCUT2D eigenvalue weighted by Gasteiger charge is 2.37. The number of hydrogen-bond acceptors (Lipinski definition) is 5. The van der Waals surface area contributed by atoms with Crippen LogP contribution in [0.15, 0.2) is 47.4 Å². The highest BCUT2D eigenvalue weighted by Crippen LogP contribution is 2.41. The summed E-state index contributed by atoms with van der Waals surface area (Å²) in [5, 5.41) is 0. The molecule has 1 heterocycles. The van der Waals surface area contributed by atoms with Crippen LogP contribution in [0.4, 0.5) is 5.69 Å². The van der Waals surface area contributed by atoms with Crippen LogP contribution in [0, 0.1) is 5.92 Å². The monoisotopic (exact) mass is 457 g/mol. The van der Waals surface area contributed by atoms with Crippen LogP contribution in [0.5, 0.6) is 0 Å². The Bertz CT molecular complexity index is 1110. The summed E-state index contributed by atoms with van der Waals surface area (Å²) in [6.45, 7) is 9.28. The molecule has 172 valence electrons. The van der Waals surface area contributed by atoms with Crippen LogP contribution in [-0.4, -0.2) is 38.7 Å². The molecule has 1 aliphatic heterocycles. The molecular formula is C25H31NO5S. The van der Waals surface area contributed by atoms with Crippen molar-refractivity contribution in [3.63, 3.8) is 0 Å². The van der Waals surface area contributed by atoms with Gasteiger partial charge >= 0.3 is 5.97 Å². The molecule has 2 atom stereocenters. The number of carbonyl (C=O) groups is 2. The van der Waals surface area contributed by atoms with E-state index in [1.807, 2.05) is 39.0 Å². The van der Waals surface area contributed by atoms with Crippen LogP contribution in [0.25, 0.3) is 11.1 Å². The number of amides is 1. The number of anilines is 1. The maximum Gasteiger partial charge on any atom is 0.313 e. The number of rotatable bonds is 6. The van der Waals surface area contributed by atoms with Gasteiger partial charge in [-0.15, -0.1) is 0 Å². The predicted octanol–water partition coefficient (Wildman–Crippen LogP) is 4.58. The van der Waals surface area contributed by atoms with Crippen molar-refractivity contribution < 1.29 is 22.7 Å². The molecule has 0 saturated heterocycles. The average Bonchev–Trinajstić information content (AvgIpc) is 2.72. The van der Waals surface area contributed by atoms with Crippen LogP contribution < -0.4 is 4.90 Å². The van der Waals surface area contributed by atoms with Crippen molar-refractivity contribution in [3.8, 4) is 11.1 Å². The van der Waals surface area contributed by atoms with Gasteiger partial charge in [0, 0.05) is 18.7 Å². The topological polar surface area (TPSA) is 80.8 Å². The molecule has 0 spiro atoms. The fraction of sp³-hybridized carbons (Fsp3) is 0.440. The lowest BCUT2D eigenvalue weighted by Crippen LogP contribution is -2.43. The van der Waals surface area contributed by atoms with Crippen LogP contribution in [0.3, 0.4) is 0 Å². The fourth-order valence-corrected chi connectivity index (χ4v) is 6.00. The second kappa shape index (κ2) is 9.45. The third kappa shape index (κ3) is 4.88. The number of benzene rings is 2. The number of fused-ring (bicyclic) bond motifs is 1. The van der Waals surface area contributed by atoms with Gasteiger partial charge in [0.15, 0.2) is 9.84 Å². The first kappa shape index (κ1) is 24.0. The standard InChI is InChI=1S/C25H31NO5S/c1-6-31-25(28)23-13-17(4)26(18(5)27)24-12-9-20(14-22(23)24)19-7-10-21(11-8-19)32(29,30)15-16(2)3/h7-12,14,16-17,23H,6,13,15H2,1-5H3/t17-,23?/m0/s1. The van der Waals surface area contributed by atoms with Crippen molar-refractivity contribution in [2.24, 2.45) is 5.92 Å². The normalized spacial score (nSPS) is 18.4. The lowest BCUT2D eigenvalue weighted by atomic mass is 9.84. The zero-order chi connectivity index (χ0) is 23.6. The Morgan fingerprint density at radius 3 is 2.28 bits per heavy atom. The fourth-order valence-electron chi connectivity index (χ4n) is 4.38. The smallest absolute Gasteiger partial charge is 0.313 e.